The van der Waals surface area contributed by atoms with Crippen LogP contribution in [0.5, 0.6) is 0 Å². The minimum Gasteiger partial charge on any atom is -0.383 e. The van der Waals surface area contributed by atoms with Crippen LogP contribution in [0.4, 0.5) is 5.82 Å². The highest BCUT2D eigenvalue weighted by molar-refractivity contribution is 7.99. The lowest BCUT2D eigenvalue weighted by Gasteiger charge is -2.05. The molecule has 0 atom stereocenters. The molecule has 0 bridgehead atoms. The molecular formula is C14H18N4OS. The molecule has 0 saturated carbocycles. The Morgan fingerprint density at radius 3 is 2.75 bits per heavy atom. The molecule has 2 aromatic rings. The van der Waals surface area contributed by atoms with Crippen molar-refractivity contribution in [3.63, 3.8) is 0 Å². The Kier molecular flexibility index (Phi) is 5.20. The van der Waals surface area contributed by atoms with E-state index in [1.807, 2.05) is 12.1 Å². The zero-order valence-electron chi connectivity index (χ0n) is 11.3. The van der Waals surface area contributed by atoms with Gasteiger partial charge in [0.05, 0.1) is 0 Å². The van der Waals surface area contributed by atoms with E-state index in [9.17, 15) is 4.79 Å². The second kappa shape index (κ2) is 7.12. The fourth-order valence-electron chi connectivity index (χ4n) is 1.70. The monoisotopic (exact) mass is 290 g/mol. The van der Waals surface area contributed by atoms with E-state index in [4.69, 9.17) is 5.73 Å². The Balaban J connectivity index is 2.01. The highest BCUT2D eigenvalue weighted by Gasteiger charge is 2.02. The molecule has 4 N–H and O–H groups in total. The standard InChI is InChI=1S/C14H18N4OS/c1-2-7-16-9-10-3-5-11(6-4-10)20-14-17-12(15)8-13(19)18-14/h3-6,8,16H,2,7,9H2,1H3,(H3,15,17,18,19). The maximum absolute atomic E-state index is 11.3. The second-order valence-electron chi connectivity index (χ2n) is 4.40. The quantitative estimate of drug-likeness (QED) is 0.560. The van der Waals surface area contributed by atoms with Crippen molar-refractivity contribution < 1.29 is 0 Å². The SMILES string of the molecule is CCCNCc1ccc(Sc2nc(N)cc(=O)[nH]2)cc1. The summed E-state index contributed by atoms with van der Waals surface area (Å²) in [6.07, 6.45) is 1.13. The van der Waals surface area contributed by atoms with E-state index in [0.29, 0.717) is 5.16 Å². The second-order valence-corrected chi connectivity index (χ2v) is 5.46. The van der Waals surface area contributed by atoms with E-state index in [1.54, 1.807) is 0 Å². The molecule has 20 heavy (non-hydrogen) atoms. The molecule has 1 aromatic heterocycles. The van der Waals surface area contributed by atoms with E-state index in [2.05, 4.69) is 34.3 Å². The third-order valence-electron chi connectivity index (χ3n) is 2.63. The molecule has 106 valence electrons. The molecule has 0 unspecified atom stereocenters. The molecule has 6 heteroatoms. The fourth-order valence-corrected chi connectivity index (χ4v) is 2.50. The predicted molar refractivity (Wildman–Crippen MR) is 81.8 cm³/mol. The third-order valence-corrected chi connectivity index (χ3v) is 3.53. The van der Waals surface area contributed by atoms with Crippen molar-refractivity contribution in [2.24, 2.45) is 0 Å². The molecule has 1 heterocycles. The number of anilines is 1. The van der Waals surface area contributed by atoms with E-state index in [1.165, 1.54) is 23.4 Å². The molecular weight excluding hydrogens is 272 g/mol. The smallest absolute Gasteiger partial charge is 0.253 e. The number of nitrogen functional groups attached to an aromatic ring is 1. The van der Waals surface area contributed by atoms with Crippen LogP contribution in [0.3, 0.4) is 0 Å². The molecule has 0 fully saturated rings. The average Bonchev–Trinajstić information content (AvgIpc) is 2.40. The Hall–Kier alpha value is -1.79. The van der Waals surface area contributed by atoms with Gasteiger partial charge in [-0.1, -0.05) is 30.8 Å². The van der Waals surface area contributed by atoms with Gasteiger partial charge < -0.3 is 16.0 Å². The zero-order valence-corrected chi connectivity index (χ0v) is 12.2. The maximum atomic E-state index is 11.3. The lowest BCUT2D eigenvalue weighted by atomic mass is 10.2. The minimum absolute atomic E-state index is 0.233. The Morgan fingerprint density at radius 2 is 2.10 bits per heavy atom. The van der Waals surface area contributed by atoms with Crippen molar-refractivity contribution in [1.82, 2.24) is 15.3 Å². The van der Waals surface area contributed by atoms with E-state index in [-0.39, 0.29) is 11.4 Å². The van der Waals surface area contributed by atoms with Crippen molar-refractivity contribution >= 4 is 17.6 Å². The van der Waals surface area contributed by atoms with E-state index in [0.717, 1.165) is 24.4 Å². The van der Waals surface area contributed by atoms with Crippen molar-refractivity contribution in [2.75, 3.05) is 12.3 Å². The van der Waals surface area contributed by atoms with Gasteiger partial charge in [0.25, 0.3) is 5.56 Å². The van der Waals surface area contributed by atoms with Gasteiger partial charge >= 0.3 is 0 Å². The summed E-state index contributed by atoms with van der Waals surface area (Å²) in [4.78, 5) is 19.1. The first-order valence-corrected chi connectivity index (χ1v) is 7.33. The largest absolute Gasteiger partial charge is 0.383 e. The first kappa shape index (κ1) is 14.6. The topological polar surface area (TPSA) is 83.8 Å². The maximum Gasteiger partial charge on any atom is 0.253 e. The number of rotatable bonds is 6. The van der Waals surface area contributed by atoms with Gasteiger partial charge in [-0.2, -0.15) is 0 Å². The van der Waals surface area contributed by atoms with Gasteiger partial charge in [-0.3, -0.25) is 4.79 Å². The van der Waals surface area contributed by atoms with Gasteiger partial charge in [0.1, 0.15) is 5.82 Å². The van der Waals surface area contributed by atoms with Gasteiger partial charge in [-0.25, -0.2) is 4.98 Å². The first-order valence-electron chi connectivity index (χ1n) is 6.51. The van der Waals surface area contributed by atoms with Crippen LogP contribution >= 0.6 is 11.8 Å². The van der Waals surface area contributed by atoms with Crippen molar-refractivity contribution in [1.29, 1.82) is 0 Å². The van der Waals surface area contributed by atoms with Crippen molar-refractivity contribution in [3.8, 4) is 0 Å². The van der Waals surface area contributed by atoms with Gasteiger partial charge in [0.15, 0.2) is 5.16 Å². The molecule has 0 spiro atoms. The highest BCUT2D eigenvalue weighted by Crippen LogP contribution is 2.24. The summed E-state index contributed by atoms with van der Waals surface area (Å²) in [5, 5.41) is 3.86. The number of nitrogens with one attached hydrogen (secondary N) is 2. The molecule has 5 nitrogen and oxygen atoms in total. The van der Waals surface area contributed by atoms with Crippen LogP contribution in [0.2, 0.25) is 0 Å². The lowest BCUT2D eigenvalue weighted by molar-refractivity contribution is 0.675. The number of nitrogens with two attached hydrogens (primary N) is 1. The van der Waals surface area contributed by atoms with E-state index >= 15 is 0 Å². The number of aromatic nitrogens is 2. The molecule has 0 aliphatic heterocycles. The molecule has 2 rings (SSSR count). The van der Waals surface area contributed by atoms with Gasteiger partial charge in [-0.15, -0.1) is 0 Å². The van der Waals surface area contributed by atoms with Crippen LogP contribution < -0.4 is 16.6 Å². The van der Waals surface area contributed by atoms with Gasteiger partial charge in [-0.05, 0) is 30.7 Å². The number of hydrogen-bond donors (Lipinski definition) is 3. The zero-order chi connectivity index (χ0) is 14.4. The average molecular weight is 290 g/mol. The summed E-state index contributed by atoms with van der Waals surface area (Å²) < 4.78 is 0. The summed E-state index contributed by atoms with van der Waals surface area (Å²) >= 11 is 1.39. The van der Waals surface area contributed by atoms with Crippen LogP contribution in [-0.4, -0.2) is 16.5 Å². The Labute approximate surface area is 122 Å². The highest BCUT2D eigenvalue weighted by atomic mass is 32.2. The van der Waals surface area contributed by atoms with Crippen LogP contribution in [0.25, 0.3) is 0 Å². The summed E-state index contributed by atoms with van der Waals surface area (Å²) in [5.74, 6) is 0.233. The van der Waals surface area contributed by atoms with Gasteiger partial charge in [0.2, 0.25) is 0 Å². The molecule has 0 aliphatic carbocycles. The van der Waals surface area contributed by atoms with Crippen LogP contribution in [0.1, 0.15) is 18.9 Å². The predicted octanol–water partition coefficient (Wildman–Crippen LogP) is 2.00. The molecule has 0 radical (unpaired) electrons. The van der Waals surface area contributed by atoms with Crippen molar-refractivity contribution in [3.05, 3.63) is 46.2 Å². The molecule has 0 aliphatic rings. The summed E-state index contributed by atoms with van der Waals surface area (Å²) in [5.41, 5.74) is 6.55. The Morgan fingerprint density at radius 1 is 1.35 bits per heavy atom. The van der Waals surface area contributed by atoms with Gasteiger partial charge in [0, 0.05) is 17.5 Å². The Bertz CT molecular complexity index is 609. The molecule has 1 aromatic carbocycles. The first-order chi connectivity index (χ1) is 9.67. The lowest BCUT2D eigenvalue weighted by Crippen LogP contribution is -2.13. The fraction of sp³-hybridized carbons (Fsp3) is 0.286. The number of benzene rings is 1. The summed E-state index contributed by atoms with van der Waals surface area (Å²) in [6.45, 7) is 4.03. The van der Waals surface area contributed by atoms with Crippen LogP contribution in [-0.2, 0) is 6.54 Å². The van der Waals surface area contributed by atoms with Crippen LogP contribution in [0.15, 0.2) is 45.2 Å². The number of aromatic amines is 1. The number of nitrogens with zero attached hydrogens (tertiary/aromatic N) is 1. The number of H-pyrrole nitrogens is 1. The summed E-state index contributed by atoms with van der Waals surface area (Å²) in [6, 6.07) is 9.42. The van der Waals surface area contributed by atoms with E-state index < -0.39 is 0 Å². The summed E-state index contributed by atoms with van der Waals surface area (Å²) in [7, 11) is 0. The van der Waals surface area contributed by atoms with Crippen LogP contribution in [0, 0.1) is 0 Å². The molecule has 0 amide bonds. The molecule has 0 saturated heterocycles. The minimum atomic E-state index is -0.236. The van der Waals surface area contributed by atoms with Crippen molar-refractivity contribution in [2.45, 2.75) is 29.9 Å². The number of hydrogen-bond acceptors (Lipinski definition) is 5. The third kappa shape index (κ3) is 4.40. The normalized spacial score (nSPS) is 10.7.